The topological polar surface area (TPSA) is 108 Å². The van der Waals surface area contributed by atoms with Crippen molar-refractivity contribution in [3.05, 3.63) is 41.7 Å². The highest BCUT2D eigenvalue weighted by Crippen LogP contribution is 2.36. The van der Waals surface area contributed by atoms with Crippen LogP contribution in [0.15, 0.2) is 30.3 Å². The normalized spacial score (nSPS) is 19.5. The molecule has 148 valence electrons. The molecule has 28 heavy (non-hydrogen) atoms. The molecule has 3 amide bonds. The number of aromatic amines is 1. The fourth-order valence-electron chi connectivity index (χ4n) is 3.37. The third kappa shape index (κ3) is 4.11. The zero-order valence-corrected chi connectivity index (χ0v) is 16.4. The number of likely N-dealkylation sites (tertiary alicyclic amines) is 1. The molecule has 0 bridgehead atoms. The number of aromatic nitrogens is 3. The Morgan fingerprint density at radius 3 is 2.68 bits per heavy atom. The Bertz CT molecular complexity index is 877. The van der Waals surface area contributed by atoms with Gasteiger partial charge in [-0.1, -0.05) is 44.2 Å². The Kier molecular flexibility index (Phi) is 5.58. The second-order valence-electron chi connectivity index (χ2n) is 7.73. The maximum absolute atomic E-state index is 12.9. The summed E-state index contributed by atoms with van der Waals surface area (Å²) >= 11 is 0. The number of anilines is 1. The highest BCUT2D eigenvalue weighted by atomic mass is 16.2. The van der Waals surface area contributed by atoms with Crippen molar-refractivity contribution in [1.82, 2.24) is 20.1 Å². The molecule has 1 aromatic carbocycles. The largest absolute Gasteiger partial charge is 0.293 e. The van der Waals surface area contributed by atoms with E-state index in [-0.39, 0.29) is 43.1 Å². The van der Waals surface area contributed by atoms with Crippen LogP contribution in [0, 0.1) is 5.92 Å². The van der Waals surface area contributed by atoms with Crippen LogP contribution in [-0.2, 0) is 26.2 Å². The number of benzene rings is 1. The number of rotatable bonds is 7. The quantitative estimate of drug-likeness (QED) is 0.712. The summed E-state index contributed by atoms with van der Waals surface area (Å²) in [5.74, 6) is 0.448. The van der Waals surface area contributed by atoms with E-state index in [0.29, 0.717) is 11.7 Å². The van der Waals surface area contributed by atoms with Crippen molar-refractivity contribution >= 4 is 23.7 Å². The molecule has 8 nitrogen and oxygen atoms in total. The van der Waals surface area contributed by atoms with Crippen LogP contribution in [0.4, 0.5) is 5.95 Å². The minimum atomic E-state index is -0.885. The van der Waals surface area contributed by atoms with Gasteiger partial charge in [-0.05, 0) is 18.4 Å². The first-order chi connectivity index (χ1) is 13.3. The second-order valence-corrected chi connectivity index (χ2v) is 7.73. The molecule has 1 fully saturated rings. The average Bonchev–Trinajstić information content (AvgIpc) is 3.16. The summed E-state index contributed by atoms with van der Waals surface area (Å²) in [5.41, 5.74) is -0.0802. The molecule has 1 aromatic heterocycles. The maximum Gasteiger partial charge on any atom is 0.248 e. The molecular formula is C20H25N5O3. The second kappa shape index (κ2) is 7.92. The summed E-state index contributed by atoms with van der Waals surface area (Å²) in [6.07, 6.45) is 0.838. The van der Waals surface area contributed by atoms with E-state index in [1.54, 1.807) is 6.92 Å². The van der Waals surface area contributed by atoms with E-state index >= 15 is 0 Å². The Morgan fingerprint density at radius 2 is 2.00 bits per heavy atom. The molecule has 3 rings (SSSR count). The molecule has 0 aliphatic carbocycles. The predicted octanol–water partition coefficient (Wildman–Crippen LogP) is 2.05. The van der Waals surface area contributed by atoms with E-state index in [4.69, 9.17) is 0 Å². The molecule has 0 unspecified atom stereocenters. The van der Waals surface area contributed by atoms with Gasteiger partial charge in [0, 0.05) is 25.8 Å². The Balaban J connectivity index is 1.58. The lowest BCUT2D eigenvalue weighted by molar-refractivity contribution is -0.139. The van der Waals surface area contributed by atoms with Crippen molar-refractivity contribution in [3.8, 4) is 0 Å². The van der Waals surface area contributed by atoms with E-state index in [1.165, 1.54) is 4.90 Å². The molecule has 1 atom stereocenters. The Hall–Kier alpha value is -3.03. The van der Waals surface area contributed by atoms with Gasteiger partial charge >= 0.3 is 0 Å². The standard InChI is InChI=1S/C20H25N5O3/c1-13(2)11-15-21-19(24-23-15)22-16(26)9-10-25-17(27)12-20(3,18(25)28)14-7-5-4-6-8-14/h4-8,13H,9-12H2,1-3H3,(H2,21,22,23,24,26)/t20-/m1/s1. The molecule has 2 N–H and O–H groups in total. The Labute approximate surface area is 163 Å². The lowest BCUT2D eigenvalue weighted by atomic mass is 9.81. The summed E-state index contributed by atoms with van der Waals surface area (Å²) in [4.78, 5) is 42.8. The van der Waals surface area contributed by atoms with Crippen molar-refractivity contribution in [2.75, 3.05) is 11.9 Å². The van der Waals surface area contributed by atoms with Gasteiger partial charge in [0.15, 0.2) is 0 Å². The van der Waals surface area contributed by atoms with Gasteiger partial charge in [0.05, 0.1) is 5.41 Å². The monoisotopic (exact) mass is 383 g/mol. The smallest absolute Gasteiger partial charge is 0.248 e. The molecule has 2 heterocycles. The SMILES string of the molecule is CC(C)Cc1nc(NC(=O)CCN2C(=O)C[C@](C)(c3ccccc3)C2=O)n[nH]1. The zero-order chi connectivity index (χ0) is 20.3. The van der Waals surface area contributed by atoms with E-state index in [1.807, 2.05) is 30.3 Å². The van der Waals surface area contributed by atoms with Crippen LogP contribution in [0.25, 0.3) is 0 Å². The molecule has 1 saturated heterocycles. The fourth-order valence-corrected chi connectivity index (χ4v) is 3.37. The minimum Gasteiger partial charge on any atom is -0.293 e. The first-order valence-electron chi connectivity index (χ1n) is 9.41. The lowest BCUT2D eigenvalue weighted by Crippen LogP contribution is -2.38. The van der Waals surface area contributed by atoms with Gasteiger partial charge in [-0.15, -0.1) is 5.10 Å². The number of hydrogen-bond donors (Lipinski definition) is 2. The summed E-state index contributed by atoms with van der Waals surface area (Å²) < 4.78 is 0. The third-order valence-corrected chi connectivity index (χ3v) is 4.88. The van der Waals surface area contributed by atoms with Crippen LogP contribution < -0.4 is 5.32 Å². The first-order valence-corrected chi connectivity index (χ1v) is 9.41. The number of carbonyl (C=O) groups excluding carboxylic acids is 3. The maximum atomic E-state index is 12.9. The van der Waals surface area contributed by atoms with Crippen molar-refractivity contribution in [2.45, 2.75) is 45.4 Å². The van der Waals surface area contributed by atoms with Crippen LogP contribution in [0.5, 0.6) is 0 Å². The number of nitrogens with one attached hydrogen (secondary N) is 2. The summed E-state index contributed by atoms with van der Waals surface area (Å²) in [6, 6.07) is 9.25. The number of hydrogen-bond acceptors (Lipinski definition) is 5. The Morgan fingerprint density at radius 1 is 1.29 bits per heavy atom. The fraction of sp³-hybridized carbons (Fsp3) is 0.450. The van der Waals surface area contributed by atoms with E-state index in [2.05, 4.69) is 34.3 Å². The summed E-state index contributed by atoms with van der Waals surface area (Å²) in [5, 5.41) is 9.35. The number of amides is 3. The van der Waals surface area contributed by atoms with Crippen molar-refractivity contribution < 1.29 is 14.4 Å². The summed E-state index contributed by atoms with van der Waals surface area (Å²) in [6.45, 7) is 5.93. The average molecular weight is 383 g/mol. The molecule has 0 saturated carbocycles. The van der Waals surface area contributed by atoms with Crippen molar-refractivity contribution in [3.63, 3.8) is 0 Å². The molecule has 1 aliphatic heterocycles. The third-order valence-electron chi connectivity index (χ3n) is 4.88. The van der Waals surface area contributed by atoms with E-state index in [0.717, 1.165) is 12.0 Å². The van der Waals surface area contributed by atoms with Gasteiger partial charge in [0.1, 0.15) is 5.82 Å². The van der Waals surface area contributed by atoms with Crippen LogP contribution >= 0.6 is 0 Å². The van der Waals surface area contributed by atoms with Gasteiger partial charge in [-0.3, -0.25) is 29.7 Å². The minimum absolute atomic E-state index is 0.00357. The van der Waals surface area contributed by atoms with Gasteiger partial charge < -0.3 is 0 Å². The molecular weight excluding hydrogens is 358 g/mol. The lowest BCUT2D eigenvalue weighted by Gasteiger charge is -2.22. The van der Waals surface area contributed by atoms with E-state index < -0.39 is 5.41 Å². The molecule has 2 aromatic rings. The predicted molar refractivity (Wildman–Crippen MR) is 103 cm³/mol. The van der Waals surface area contributed by atoms with Crippen molar-refractivity contribution in [2.24, 2.45) is 5.92 Å². The van der Waals surface area contributed by atoms with Crippen LogP contribution in [0.3, 0.4) is 0 Å². The summed E-state index contributed by atoms with van der Waals surface area (Å²) in [7, 11) is 0. The van der Waals surface area contributed by atoms with Gasteiger partial charge in [-0.2, -0.15) is 4.98 Å². The van der Waals surface area contributed by atoms with Crippen molar-refractivity contribution in [1.29, 1.82) is 0 Å². The number of H-pyrrole nitrogens is 1. The highest BCUT2D eigenvalue weighted by Gasteiger charge is 2.49. The van der Waals surface area contributed by atoms with Crippen LogP contribution in [-0.4, -0.2) is 44.3 Å². The highest BCUT2D eigenvalue weighted by molar-refractivity contribution is 6.09. The van der Waals surface area contributed by atoms with Gasteiger partial charge in [0.25, 0.3) is 0 Å². The molecule has 0 radical (unpaired) electrons. The molecule has 0 spiro atoms. The van der Waals surface area contributed by atoms with Gasteiger partial charge in [0.2, 0.25) is 23.7 Å². The van der Waals surface area contributed by atoms with Crippen LogP contribution in [0.2, 0.25) is 0 Å². The zero-order valence-electron chi connectivity index (χ0n) is 16.4. The number of carbonyl (C=O) groups is 3. The molecule has 1 aliphatic rings. The first kappa shape index (κ1) is 19.7. The number of nitrogens with zero attached hydrogens (tertiary/aromatic N) is 3. The van der Waals surface area contributed by atoms with E-state index in [9.17, 15) is 14.4 Å². The van der Waals surface area contributed by atoms with Gasteiger partial charge in [-0.25, -0.2) is 0 Å². The number of imide groups is 1. The molecule has 8 heteroatoms. The van der Waals surface area contributed by atoms with Crippen LogP contribution in [0.1, 0.15) is 45.0 Å².